The van der Waals surface area contributed by atoms with Gasteiger partial charge in [0.2, 0.25) is 5.88 Å². The van der Waals surface area contributed by atoms with Gasteiger partial charge >= 0.3 is 5.91 Å². The van der Waals surface area contributed by atoms with Crippen molar-refractivity contribution in [3.63, 3.8) is 0 Å². The number of carbonyl (C=O) groups is 1. The molecular weight excluding hydrogens is 457 g/mol. The third kappa shape index (κ3) is 4.26. The summed E-state index contributed by atoms with van der Waals surface area (Å²) < 4.78 is 6.40. The summed E-state index contributed by atoms with van der Waals surface area (Å²) in [5, 5.41) is 19.0. The summed E-state index contributed by atoms with van der Waals surface area (Å²) in [7, 11) is 0. The Kier molecular flexibility index (Phi) is 5.74. The first-order chi connectivity index (χ1) is 12.8. The maximum atomic E-state index is 12.2. The van der Waals surface area contributed by atoms with Crippen LogP contribution in [0.25, 0.3) is 10.9 Å². The van der Waals surface area contributed by atoms with Gasteiger partial charge in [-0.2, -0.15) is 0 Å². The van der Waals surface area contributed by atoms with Crippen molar-refractivity contribution >= 4 is 61.6 Å². The summed E-state index contributed by atoms with van der Waals surface area (Å²) in [6, 6.07) is 8.34. The first-order valence-corrected chi connectivity index (χ1v) is 9.39. The van der Waals surface area contributed by atoms with Crippen LogP contribution in [-0.4, -0.2) is 22.1 Å². The number of aromatic amines is 1. The van der Waals surface area contributed by atoms with Gasteiger partial charge in [0.05, 0.1) is 10.5 Å². The summed E-state index contributed by atoms with van der Waals surface area (Å²) in [4.78, 5) is 15.0. The zero-order valence-electron chi connectivity index (χ0n) is 14.3. The fourth-order valence-corrected chi connectivity index (χ4v) is 3.19. The maximum absolute atomic E-state index is 12.2. The molecule has 2 aromatic carbocycles. The van der Waals surface area contributed by atoms with E-state index in [-0.39, 0.29) is 16.6 Å². The number of amides is 1. The Labute approximate surface area is 173 Å². The van der Waals surface area contributed by atoms with Gasteiger partial charge in [-0.1, -0.05) is 39.1 Å². The predicted molar refractivity (Wildman–Crippen MR) is 108 cm³/mol. The van der Waals surface area contributed by atoms with E-state index in [4.69, 9.17) is 27.9 Å². The second-order valence-electron chi connectivity index (χ2n) is 5.84. The van der Waals surface area contributed by atoms with Gasteiger partial charge in [0.15, 0.2) is 11.8 Å². The number of hydrogen-bond acceptors (Lipinski definition) is 4. The van der Waals surface area contributed by atoms with Crippen molar-refractivity contribution in [3.05, 3.63) is 50.4 Å². The molecule has 9 heteroatoms. The van der Waals surface area contributed by atoms with Crippen molar-refractivity contribution in [2.24, 2.45) is 10.2 Å². The number of ether oxygens (including phenoxy) is 1. The zero-order valence-corrected chi connectivity index (χ0v) is 17.4. The molecule has 1 heterocycles. The van der Waals surface area contributed by atoms with E-state index in [2.05, 4.69) is 31.1 Å². The van der Waals surface area contributed by atoms with Crippen molar-refractivity contribution in [2.75, 3.05) is 0 Å². The molecule has 1 atom stereocenters. The van der Waals surface area contributed by atoms with Crippen LogP contribution in [0, 0.1) is 6.92 Å². The Morgan fingerprint density at radius 2 is 2.04 bits per heavy atom. The SMILES string of the molecule is Cc1cc2c(N=NC(=O)C(C)Oc3ccc(Cl)cc3Cl)c(O)[nH]c2cc1Br. The molecule has 0 aliphatic heterocycles. The van der Waals surface area contributed by atoms with E-state index >= 15 is 0 Å². The van der Waals surface area contributed by atoms with E-state index in [1.165, 1.54) is 13.0 Å². The maximum Gasteiger partial charge on any atom is 0.304 e. The van der Waals surface area contributed by atoms with E-state index in [1.54, 1.807) is 12.1 Å². The average Bonchev–Trinajstić information content (AvgIpc) is 2.90. The van der Waals surface area contributed by atoms with Crippen LogP contribution in [0.1, 0.15) is 12.5 Å². The van der Waals surface area contributed by atoms with Crippen molar-refractivity contribution in [1.82, 2.24) is 4.98 Å². The lowest BCUT2D eigenvalue weighted by Crippen LogP contribution is -2.21. The molecule has 3 aromatic rings. The van der Waals surface area contributed by atoms with Gasteiger partial charge in [-0.05, 0) is 49.7 Å². The number of halogens is 3. The van der Waals surface area contributed by atoms with Gasteiger partial charge in [0, 0.05) is 14.9 Å². The summed E-state index contributed by atoms with van der Waals surface area (Å²) in [5.74, 6) is -0.482. The van der Waals surface area contributed by atoms with Crippen LogP contribution in [0.3, 0.4) is 0 Å². The number of fused-ring (bicyclic) bond motifs is 1. The highest BCUT2D eigenvalue weighted by molar-refractivity contribution is 9.10. The van der Waals surface area contributed by atoms with E-state index in [9.17, 15) is 9.90 Å². The summed E-state index contributed by atoms with van der Waals surface area (Å²) in [6.45, 7) is 3.44. The van der Waals surface area contributed by atoms with Gasteiger partial charge < -0.3 is 14.8 Å². The minimum Gasteiger partial charge on any atom is -0.493 e. The molecule has 3 rings (SSSR count). The normalized spacial score (nSPS) is 12.6. The monoisotopic (exact) mass is 469 g/mol. The molecule has 1 unspecified atom stereocenters. The Hall–Kier alpha value is -2.09. The van der Waals surface area contributed by atoms with Crippen LogP contribution < -0.4 is 4.74 Å². The first-order valence-electron chi connectivity index (χ1n) is 7.84. The number of aromatic hydroxyl groups is 1. The average molecular weight is 471 g/mol. The first kappa shape index (κ1) is 19.7. The quantitative estimate of drug-likeness (QED) is 0.436. The number of carbonyl (C=O) groups excluding carboxylic acids is 1. The smallest absolute Gasteiger partial charge is 0.304 e. The molecule has 0 saturated carbocycles. The fraction of sp³-hybridized carbons (Fsp3) is 0.167. The molecule has 1 aromatic heterocycles. The van der Waals surface area contributed by atoms with E-state index < -0.39 is 12.0 Å². The molecule has 0 aliphatic carbocycles. The van der Waals surface area contributed by atoms with Crippen LogP contribution in [0.4, 0.5) is 5.69 Å². The highest BCUT2D eigenvalue weighted by atomic mass is 79.9. The Morgan fingerprint density at radius 1 is 1.30 bits per heavy atom. The van der Waals surface area contributed by atoms with Gasteiger partial charge in [0.1, 0.15) is 5.75 Å². The van der Waals surface area contributed by atoms with E-state index in [0.29, 0.717) is 21.7 Å². The Morgan fingerprint density at radius 3 is 2.74 bits per heavy atom. The molecule has 27 heavy (non-hydrogen) atoms. The lowest BCUT2D eigenvalue weighted by Gasteiger charge is -2.12. The molecule has 0 fully saturated rings. The number of aromatic nitrogens is 1. The molecule has 0 spiro atoms. The number of H-pyrrole nitrogens is 1. The molecule has 1 amide bonds. The Balaban J connectivity index is 1.81. The molecule has 0 radical (unpaired) electrons. The summed E-state index contributed by atoms with van der Waals surface area (Å²) in [5.41, 5.74) is 1.81. The molecule has 6 nitrogen and oxygen atoms in total. The third-order valence-corrected chi connectivity index (χ3v) is 5.21. The van der Waals surface area contributed by atoms with Crippen molar-refractivity contribution in [3.8, 4) is 11.6 Å². The lowest BCUT2D eigenvalue weighted by atomic mass is 10.1. The Bertz CT molecular complexity index is 1070. The minimum absolute atomic E-state index is 0.173. The van der Waals surface area contributed by atoms with Crippen molar-refractivity contribution in [2.45, 2.75) is 20.0 Å². The molecule has 2 N–H and O–H groups in total. The van der Waals surface area contributed by atoms with Crippen LogP contribution in [0.15, 0.2) is 45.0 Å². The van der Waals surface area contributed by atoms with Crippen LogP contribution in [0.2, 0.25) is 10.0 Å². The molecule has 140 valence electrons. The second-order valence-corrected chi connectivity index (χ2v) is 7.54. The van der Waals surface area contributed by atoms with Gasteiger partial charge in [-0.3, -0.25) is 4.79 Å². The van der Waals surface area contributed by atoms with E-state index in [1.807, 2.05) is 19.1 Å². The highest BCUT2D eigenvalue weighted by Gasteiger charge is 2.18. The number of hydrogen-bond donors (Lipinski definition) is 2. The summed E-state index contributed by atoms with van der Waals surface area (Å²) >= 11 is 15.3. The number of rotatable bonds is 4. The van der Waals surface area contributed by atoms with Gasteiger partial charge in [-0.15, -0.1) is 10.2 Å². The fourth-order valence-electron chi connectivity index (χ4n) is 2.39. The van der Waals surface area contributed by atoms with Crippen LogP contribution >= 0.6 is 39.1 Å². The van der Waals surface area contributed by atoms with Gasteiger partial charge in [0.25, 0.3) is 0 Å². The van der Waals surface area contributed by atoms with Crippen molar-refractivity contribution < 1.29 is 14.6 Å². The minimum atomic E-state index is -0.921. The molecule has 0 saturated heterocycles. The van der Waals surface area contributed by atoms with Gasteiger partial charge in [-0.25, -0.2) is 0 Å². The highest BCUT2D eigenvalue weighted by Crippen LogP contribution is 2.38. The van der Waals surface area contributed by atoms with Crippen LogP contribution in [-0.2, 0) is 4.79 Å². The molecule has 0 bridgehead atoms. The standard InChI is InChI=1S/C18H14BrCl2N3O3/c1-8-5-11-14(7-12(8)19)22-18(26)16(11)23-24-17(25)9(2)27-15-4-3-10(20)6-13(15)21/h3-7,9,22,26H,1-2H3. The summed E-state index contributed by atoms with van der Waals surface area (Å²) in [6.07, 6.45) is -0.921. The second kappa shape index (κ2) is 7.88. The lowest BCUT2D eigenvalue weighted by molar-refractivity contribution is -0.124. The number of nitrogens with zero attached hydrogens (tertiary/aromatic N) is 2. The molecule has 0 aliphatic rings. The number of nitrogens with one attached hydrogen (secondary N) is 1. The van der Waals surface area contributed by atoms with E-state index in [0.717, 1.165) is 10.0 Å². The number of aryl methyl sites for hydroxylation is 1. The van der Waals surface area contributed by atoms with Crippen molar-refractivity contribution in [1.29, 1.82) is 0 Å². The topological polar surface area (TPSA) is 87.0 Å². The largest absolute Gasteiger partial charge is 0.493 e. The number of benzene rings is 2. The predicted octanol–water partition coefficient (Wildman–Crippen LogP) is 6.33. The molecular formula is C18H14BrCl2N3O3. The third-order valence-electron chi connectivity index (χ3n) is 3.83. The number of azo groups is 1. The zero-order chi connectivity index (χ0) is 19.7. The van der Waals surface area contributed by atoms with Crippen LogP contribution in [0.5, 0.6) is 11.6 Å².